The second-order valence-electron chi connectivity index (χ2n) is 6.23. The third kappa shape index (κ3) is 3.44. The van der Waals surface area contributed by atoms with Gasteiger partial charge in [0.15, 0.2) is 5.78 Å². The largest absolute Gasteiger partial charge is 0.497 e. The molecule has 0 atom stereocenters. The van der Waals surface area contributed by atoms with Crippen molar-refractivity contribution >= 4 is 17.2 Å². The Morgan fingerprint density at radius 1 is 1.04 bits per heavy atom. The summed E-state index contributed by atoms with van der Waals surface area (Å²) in [6.07, 6.45) is 0. The molecule has 0 bridgehead atoms. The first-order chi connectivity index (χ1) is 13.5. The van der Waals surface area contributed by atoms with Crippen molar-refractivity contribution in [3.8, 4) is 28.0 Å². The fourth-order valence-electron chi connectivity index (χ4n) is 3.30. The number of ether oxygens (including phenoxy) is 1. The quantitative estimate of drug-likeness (QED) is 0.364. The molecule has 6 heteroatoms. The van der Waals surface area contributed by atoms with Crippen molar-refractivity contribution in [3.05, 3.63) is 76.3 Å². The molecule has 0 fully saturated rings. The van der Waals surface area contributed by atoms with Gasteiger partial charge >= 0.3 is 0 Å². The van der Waals surface area contributed by atoms with E-state index in [2.05, 4.69) is 5.32 Å². The van der Waals surface area contributed by atoms with Crippen LogP contribution >= 0.6 is 0 Å². The molecule has 0 amide bonds. The summed E-state index contributed by atoms with van der Waals surface area (Å²) in [5.74, 6) is 0.377. The maximum atomic E-state index is 12.5. The minimum absolute atomic E-state index is 0.0967. The highest BCUT2D eigenvalue weighted by Crippen LogP contribution is 2.45. The summed E-state index contributed by atoms with van der Waals surface area (Å²) in [5, 5.41) is 15.2. The number of anilines is 1. The van der Waals surface area contributed by atoms with Crippen LogP contribution in [-0.2, 0) is 0 Å². The summed E-state index contributed by atoms with van der Waals surface area (Å²) in [6.45, 7) is 1.41. The molecule has 6 nitrogen and oxygen atoms in total. The van der Waals surface area contributed by atoms with Gasteiger partial charge in [0, 0.05) is 12.7 Å². The van der Waals surface area contributed by atoms with E-state index in [-0.39, 0.29) is 11.5 Å². The lowest BCUT2D eigenvalue weighted by molar-refractivity contribution is -0.383. The van der Waals surface area contributed by atoms with E-state index in [1.165, 1.54) is 6.92 Å². The van der Waals surface area contributed by atoms with Gasteiger partial charge in [-0.05, 0) is 36.2 Å². The SMILES string of the molecule is CNc1cc(-c2ccccc2)c([N+](=O)[O-])c(-c2ccc(OC)cc2)c1C(C)=O. The molecule has 3 aromatic rings. The molecule has 1 N–H and O–H groups in total. The smallest absolute Gasteiger partial charge is 0.285 e. The van der Waals surface area contributed by atoms with Gasteiger partial charge in [-0.3, -0.25) is 14.9 Å². The van der Waals surface area contributed by atoms with Gasteiger partial charge in [-0.2, -0.15) is 0 Å². The lowest BCUT2D eigenvalue weighted by Crippen LogP contribution is -2.07. The van der Waals surface area contributed by atoms with E-state index in [4.69, 9.17) is 4.74 Å². The number of nitro benzene ring substituents is 1. The van der Waals surface area contributed by atoms with Gasteiger partial charge in [0.2, 0.25) is 0 Å². The zero-order valence-corrected chi connectivity index (χ0v) is 15.9. The molecule has 3 rings (SSSR count). The van der Waals surface area contributed by atoms with Crippen molar-refractivity contribution in [1.29, 1.82) is 0 Å². The number of methoxy groups -OCH3 is 1. The summed E-state index contributed by atoms with van der Waals surface area (Å²) in [4.78, 5) is 24.2. The number of rotatable bonds is 6. The van der Waals surface area contributed by atoms with Crippen molar-refractivity contribution in [3.63, 3.8) is 0 Å². The number of Topliss-reactive ketones (excluding diaryl/α,β-unsaturated/α-hetero) is 1. The lowest BCUT2D eigenvalue weighted by atomic mass is 9.89. The first-order valence-electron chi connectivity index (χ1n) is 8.71. The summed E-state index contributed by atoms with van der Waals surface area (Å²) in [5.41, 5.74) is 2.77. The summed E-state index contributed by atoms with van der Waals surface area (Å²) in [6, 6.07) is 17.7. The van der Waals surface area contributed by atoms with Crippen molar-refractivity contribution in [2.24, 2.45) is 0 Å². The van der Waals surface area contributed by atoms with Gasteiger partial charge in [-0.1, -0.05) is 42.5 Å². The maximum absolute atomic E-state index is 12.5. The zero-order chi connectivity index (χ0) is 20.3. The topological polar surface area (TPSA) is 81.5 Å². The molecule has 0 heterocycles. The fourth-order valence-corrected chi connectivity index (χ4v) is 3.30. The third-order valence-electron chi connectivity index (χ3n) is 4.57. The molecule has 0 spiro atoms. The Hall–Kier alpha value is -3.67. The number of ketones is 1. The van der Waals surface area contributed by atoms with Gasteiger partial charge < -0.3 is 10.1 Å². The van der Waals surface area contributed by atoms with Crippen molar-refractivity contribution in [2.45, 2.75) is 6.92 Å². The standard InChI is InChI=1S/C22H20N2O4/c1-14(25)20-19(23-2)13-18(15-7-5-4-6-8-15)22(24(26)27)21(20)16-9-11-17(28-3)12-10-16/h4-13,23H,1-3H3. The van der Waals surface area contributed by atoms with Crippen LogP contribution in [0.3, 0.4) is 0 Å². The molecule has 0 aliphatic rings. The molecular formula is C22H20N2O4. The van der Waals surface area contributed by atoms with E-state index >= 15 is 0 Å². The van der Waals surface area contributed by atoms with Gasteiger partial charge in [-0.25, -0.2) is 0 Å². The van der Waals surface area contributed by atoms with Gasteiger partial charge in [0.25, 0.3) is 5.69 Å². The molecule has 3 aromatic carbocycles. The molecule has 0 aromatic heterocycles. The first-order valence-corrected chi connectivity index (χ1v) is 8.71. The minimum Gasteiger partial charge on any atom is -0.497 e. The molecule has 142 valence electrons. The zero-order valence-electron chi connectivity index (χ0n) is 15.9. The van der Waals surface area contributed by atoms with Crippen LogP contribution in [0.25, 0.3) is 22.3 Å². The number of nitro groups is 1. The average Bonchev–Trinajstić information content (AvgIpc) is 2.72. The number of hydrogen-bond donors (Lipinski definition) is 1. The Bertz CT molecular complexity index is 1030. The molecule has 0 saturated carbocycles. The molecule has 0 aliphatic carbocycles. The highest BCUT2D eigenvalue weighted by Gasteiger charge is 2.29. The number of nitrogens with zero attached hydrogens (tertiary/aromatic N) is 1. The summed E-state index contributed by atoms with van der Waals surface area (Å²) >= 11 is 0. The van der Waals surface area contributed by atoms with Crippen LogP contribution in [0.4, 0.5) is 11.4 Å². The predicted octanol–water partition coefficient (Wildman–Crippen LogP) is 5.18. The molecule has 28 heavy (non-hydrogen) atoms. The normalized spacial score (nSPS) is 10.4. The van der Waals surface area contributed by atoms with Crippen LogP contribution in [0.15, 0.2) is 60.7 Å². The number of hydrogen-bond acceptors (Lipinski definition) is 5. The summed E-state index contributed by atoms with van der Waals surface area (Å²) in [7, 11) is 3.24. The van der Waals surface area contributed by atoms with Gasteiger partial charge in [-0.15, -0.1) is 0 Å². The number of benzene rings is 3. The van der Waals surface area contributed by atoms with Crippen LogP contribution in [-0.4, -0.2) is 24.9 Å². The number of carbonyl (C=O) groups is 1. The predicted molar refractivity (Wildman–Crippen MR) is 110 cm³/mol. The van der Waals surface area contributed by atoms with Gasteiger partial charge in [0.1, 0.15) is 5.75 Å². The molecule has 0 unspecified atom stereocenters. The molecule has 0 aliphatic heterocycles. The highest BCUT2D eigenvalue weighted by molar-refractivity contribution is 6.10. The van der Waals surface area contributed by atoms with E-state index in [1.54, 1.807) is 44.5 Å². The Balaban J connectivity index is 2.45. The average molecular weight is 376 g/mol. The van der Waals surface area contributed by atoms with Crippen LogP contribution in [0.5, 0.6) is 5.75 Å². The minimum atomic E-state index is -0.423. The number of nitrogens with one attached hydrogen (secondary N) is 1. The molecule has 0 saturated heterocycles. The Labute approximate surface area is 162 Å². The Morgan fingerprint density at radius 3 is 2.18 bits per heavy atom. The Morgan fingerprint density at radius 2 is 1.68 bits per heavy atom. The van der Waals surface area contributed by atoms with Gasteiger partial charge in [0.05, 0.1) is 28.7 Å². The Kier molecular flexibility index (Phi) is 5.40. The van der Waals surface area contributed by atoms with E-state index < -0.39 is 4.92 Å². The van der Waals surface area contributed by atoms with Crippen LogP contribution in [0, 0.1) is 10.1 Å². The highest BCUT2D eigenvalue weighted by atomic mass is 16.6. The first kappa shape index (κ1) is 19.1. The molecular weight excluding hydrogens is 356 g/mol. The fraction of sp³-hybridized carbons (Fsp3) is 0.136. The van der Waals surface area contributed by atoms with E-state index in [9.17, 15) is 14.9 Å². The van der Waals surface area contributed by atoms with Crippen LogP contribution in [0.2, 0.25) is 0 Å². The van der Waals surface area contributed by atoms with Crippen molar-refractivity contribution < 1.29 is 14.5 Å². The van der Waals surface area contributed by atoms with E-state index in [0.717, 1.165) is 0 Å². The monoisotopic (exact) mass is 376 g/mol. The summed E-state index contributed by atoms with van der Waals surface area (Å²) < 4.78 is 5.19. The second-order valence-corrected chi connectivity index (χ2v) is 6.23. The lowest BCUT2D eigenvalue weighted by Gasteiger charge is -2.17. The third-order valence-corrected chi connectivity index (χ3v) is 4.57. The molecule has 0 radical (unpaired) electrons. The van der Waals surface area contributed by atoms with E-state index in [1.807, 2.05) is 30.3 Å². The second kappa shape index (κ2) is 7.92. The number of carbonyl (C=O) groups excluding carboxylic acids is 1. The van der Waals surface area contributed by atoms with Crippen LogP contribution in [0.1, 0.15) is 17.3 Å². The van der Waals surface area contributed by atoms with Crippen molar-refractivity contribution in [2.75, 3.05) is 19.5 Å². The maximum Gasteiger partial charge on any atom is 0.285 e. The van der Waals surface area contributed by atoms with E-state index in [0.29, 0.717) is 39.3 Å². The van der Waals surface area contributed by atoms with Crippen LogP contribution < -0.4 is 10.1 Å². The van der Waals surface area contributed by atoms with Crippen molar-refractivity contribution in [1.82, 2.24) is 0 Å².